The quantitative estimate of drug-likeness (QED) is 0.908. The number of amides is 1. The third kappa shape index (κ3) is 2.86. The van der Waals surface area contributed by atoms with E-state index < -0.39 is 35.1 Å². The fraction of sp³-hybridized carbons (Fsp3) is 0.312. The number of aromatic nitrogens is 2. The molecule has 0 aliphatic heterocycles. The minimum atomic E-state index is -0.640. The van der Waals surface area contributed by atoms with Crippen LogP contribution in [0, 0.1) is 25.5 Å². The molecule has 2 atom stereocenters. The second kappa shape index (κ2) is 5.57. The molecule has 0 spiro atoms. The van der Waals surface area contributed by atoms with E-state index in [0.717, 1.165) is 0 Å². The summed E-state index contributed by atoms with van der Waals surface area (Å²) >= 11 is 0. The number of nitrogens with zero attached hydrogens (tertiary/aromatic N) is 1. The molecule has 1 fully saturated rings. The fourth-order valence-electron chi connectivity index (χ4n) is 2.55. The summed E-state index contributed by atoms with van der Waals surface area (Å²) in [4.78, 5) is 30.5. The Hall–Kier alpha value is -2.57. The van der Waals surface area contributed by atoms with E-state index in [9.17, 15) is 18.4 Å². The Balaban J connectivity index is 1.76. The highest BCUT2D eigenvalue weighted by molar-refractivity contribution is 5.92. The van der Waals surface area contributed by atoms with Gasteiger partial charge in [0.25, 0.3) is 11.5 Å². The molecule has 2 aromatic rings. The molecule has 1 aliphatic rings. The molecule has 1 aliphatic carbocycles. The third-order valence-corrected chi connectivity index (χ3v) is 4.03. The molecule has 0 unspecified atom stereocenters. The molecule has 5 nitrogen and oxygen atoms in total. The first-order valence-corrected chi connectivity index (χ1v) is 7.20. The second-order valence-corrected chi connectivity index (χ2v) is 5.68. The van der Waals surface area contributed by atoms with Crippen molar-refractivity contribution in [2.24, 2.45) is 0 Å². The highest BCUT2D eigenvalue weighted by Gasteiger charge is 2.43. The molecule has 23 heavy (non-hydrogen) atoms. The maximum absolute atomic E-state index is 13.7. The summed E-state index contributed by atoms with van der Waals surface area (Å²) in [7, 11) is 0. The lowest BCUT2D eigenvalue weighted by Gasteiger charge is -2.07. The number of carbonyl (C=O) groups is 1. The number of rotatable bonds is 3. The van der Waals surface area contributed by atoms with Gasteiger partial charge in [-0.3, -0.25) is 9.59 Å². The molecule has 3 rings (SSSR count). The maximum atomic E-state index is 13.7. The molecule has 1 amide bonds. The van der Waals surface area contributed by atoms with Crippen molar-refractivity contribution in [3.05, 3.63) is 62.8 Å². The molecule has 120 valence electrons. The van der Waals surface area contributed by atoms with Gasteiger partial charge in [-0.1, -0.05) is 6.07 Å². The predicted molar refractivity (Wildman–Crippen MR) is 79.3 cm³/mol. The standard InChI is InChI=1S/C16H15F2N3O2/c1-7-8(2)20-15(22)14(19-7)16(23)21-12-6-9(12)13-10(17)4-3-5-11(13)18/h3-5,9,12H,6H2,1-2H3,(H,20,22)(H,21,23)/t9-,12-/m1/s1. The lowest BCUT2D eigenvalue weighted by molar-refractivity contribution is 0.0943. The van der Waals surface area contributed by atoms with Crippen LogP contribution in [0.15, 0.2) is 23.0 Å². The summed E-state index contributed by atoms with van der Waals surface area (Å²) in [5.41, 5.74) is 0.277. The zero-order chi connectivity index (χ0) is 16.7. The van der Waals surface area contributed by atoms with Crippen LogP contribution in [-0.4, -0.2) is 21.9 Å². The smallest absolute Gasteiger partial charge is 0.279 e. The van der Waals surface area contributed by atoms with Gasteiger partial charge in [-0.25, -0.2) is 13.8 Å². The topological polar surface area (TPSA) is 74.8 Å². The summed E-state index contributed by atoms with van der Waals surface area (Å²) in [6, 6.07) is 3.26. The van der Waals surface area contributed by atoms with Gasteiger partial charge in [0.1, 0.15) is 11.6 Å². The fourth-order valence-corrected chi connectivity index (χ4v) is 2.55. The number of hydrogen-bond acceptors (Lipinski definition) is 3. The lowest BCUT2D eigenvalue weighted by atomic mass is 10.1. The molecule has 0 radical (unpaired) electrons. The monoisotopic (exact) mass is 319 g/mol. The molecule has 1 aromatic heterocycles. The Labute approximate surface area is 130 Å². The van der Waals surface area contributed by atoms with Crippen LogP contribution < -0.4 is 10.9 Å². The van der Waals surface area contributed by atoms with Crippen LogP contribution in [0.2, 0.25) is 0 Å². The van der Waals surface area contributed by atoms with Crippen molar-refractivity contribution in [3.8, 4) is 0 Å². The van der Waals surface area contributed by atoms with Crippen molar-refractivity contribution in [2.75, 3.05) is 0 Å². The zero-order valence-electron chi connectivity index (χ0n) is 12.6. The number of carbonyl (C=O) groups excluding carboxylic acids is 1. The van der Waals surface area contributed by atoms with E-state index in [1.54, 1.807) is 13.8 Å². The molecular weight excluding hydrogens is 304 g/mol. The Morgan fingerprint density at radius 2 is 1.96 bits per heavy atom. The van der Waals surface area contributed by atoms with Crippen molar-refractivity contribution in [1.82, 2.24) is 15.3 Å². The van der Waals surface area contributed by atoms with E-state index in [4.69, 9.17) is 0 Å². The van der Waals surface area contributed by atoms with Crippen LogP contribution in [0.1, 0.15) is 39.8 Å². The van der Waals surface area contributed by atoms with Gasteiger partial charge in [0.2, 0.25) is 0 Å². The number of H-pyrrole nitrogens is 1. The van der Waals surface area contributed by atoms with Crippen LogP contribution in [0.25, 0.3) is 0 Å². The van der Waals surface area contributed by atoms with Crippen LogP contribution >= 0.6 is 0 Å². The van der Waals surface area contributed by atoms with Gasteiger partial charge in [0, 0.05) is 23.2 Å². The number of benzene rings is 1. The second-order valence-electron chi connectivity index (χ2n) is 5.68. The Kier molecular flexibility index (Phi) is 3.71. The van der Waals surface area contributed by atoms with Gasteiger partial charge >= 0.3 is 0 Å². The minimum absolute atomic E-state index is 0.0280. The van der Waals surface area contributed by atoms with Crippen LogP contribution in [0.4, 0.5) is 8.78 Å². The van der Waals surface area contributed by atoms with Crippen molar-refractivity contribution in [2.45, 2.75) is 32.2 Å². The molecule has 1 heterocycles. The van der Waals surface area contributed by atoms with Crippen LogP contribution in [-0.2, 0) is 0 Å². The largest absolute Gasteiger partial charge is 0.347 e. The minimum Gasteiger partial charge on any atom is -0.347 e. The van der Waals surface area contributed by atoms with Crippen LogP contribution in [0.5, 0.6) is 0 Å². The lowest BCUT2D eigenvalue weighted by Crippen LogP contribution is -2.33. The van der Waals surface area contributed by atoms with E-state index in [1.165, 1.54) is 18.2 Å². The summed E-state index contributed by atoms with van der Waals surface area (Å²) in [5, 5.41) is 2.61. The van der Waals surface area contributed by atoms with E-state index in [0.29, 0.717) is 17.8 Å². The normalized spacial score (nSPS) is 19.5. The van der Waals surface area contributed by atoms with Gasteiger partial charge in [-0.2, -0.15) is 0 Å². The van der Waals surface area contributed by atoms with Gasteiger partial charge in [-0.15, -0.1) is 0 Å². The number of nitrogens with one attached hydrogen (secondary N) is 2. The molecule has 1 aromatic carbocycles. The first kappa shape index (κ1) is 15.3. The number of hydrogen-bond donors (Lipinski definition) is 2. The number of aryl methyl sites for hydroxylation is 2. The van der Waals surface area contributed by atoms with Crippen molar-refractivity contribution < 1.29 is 13.6 Å². The summed E-state index contributed by atoms with van der Waals surface area (Å²) in [5.74, 6) is -2.33. The number of aromatic amines is 1. The first-order valence-electron chi connectivity index (χ1n) is 7.20. The molecule has 2 N–H and O–H groups in total. The van der Waals surface area contributed by atoms with E-state index in [2.05, 4.69) is 15.3 Å². The average Bonchev–Trinajstić information content (AvgIpc) is 3.21. The van der Waals surface area contributed by atoms with E-state index >= 15 is 0 Å². The zero-order valence-corrected chi connectivity index (χ0v) is 12.6. The molecule has 1 saturated carbocycles. The Morgan fingerprint density at radius 3 is 2.61 bits per heavy atom. The average molecular weight is 319 g/mol. The van der Waals surface area contributed by atoms with E-state index in [-0.39, 0.29) is 11.3 Å². The summed E-state index contributed by atoms with van der Waals surface area (Å²) in [6.45, 7) is 3.36. The first-order chi connectivity index (χ1) is 10.9. The van der Waals surface area contributed by atoms with Crippen LogP contribution in [0.3, 0.4) is 0 Å². The van der Waals surface area contributed by atoms with Gasteiger partial charge < -0.3 is 10.3 Å². The summed E-state index contributed by atoms with van der Waals surface area (Å²) in [6.07, 6.45) is 0.423. The third-order valence-electron chi connectivity index (χ3n) is 4.03. The highest BCUT2D eigenvalue weighted by Crippen LogP contribution is 2.43. The SMILES string of the molecule is Cc1nc(C(=O)N[C@@H]2C[C@H]2c2c(F)cccc2F)c(=O)[nH]c1C. The molecule has 7 heteroatoms. The van der Waals surface area contributed by atoms with Crippen molar-refractivity contribution in [3.63, 3.8) is 0 Å². The molecule has 0 saturated heterocycles. The Morgan fingerprint density at radius 1 is 1.30 bits per heavy atom. The maximum Gasteiger partial charge on any atom is 0.279 e. The summed E-state index contributed by atoms with van der Waals surface area (Å²) < 4.78 is 27.4. The van der Waals surface area contributed by atoms with Crippen molar-refractivity contribution in [1.29, 1.82) is 0 Å². The Bertz CT molecular complexity index is 827. The molecule has 0 bridgehead atoms. The van der Waals surface area contributed by atoms with E-state index in [1.807, 2.05) is 0 Å². The molecular formula is C16H15F2N3O2. The predicted octanol–water partition coefficient (Wildman–Crippen LogP) is 1.95. The van der Waals surface area contributed by atoms with Gasteiger partial charge in [-0.05, 0) is 32.4 Å². The van der Waals surface area contributed by atoms with Gasteiger partial charge in [0.05, 0.1) is 5.69 Å². The number of halogens is 2. The van der Waals surface area contributed by atoms with Crippen molar-refractivity contribution >= 4 is 5.91 Å². The highest BCUT2D eigenvalue weighted by atomic mass is 19.1. The van der Waals surface area contributed by atoms with Gasteiger partial charge in [0.15, 0.2) is 5.69 Å².